The molecule has 0 aliphatic carbocycles. The second-order valence-electron chi connectivity index (χ2n) is 4.38. The van der Waals surface area contributed by atoms with Gasteiger partial charge in [0.15, 0.2) is 11.9 Å². The lowest BCUT2D eigenvalue weighted by molar-refractivity contribution is -0.148. The molecule has 1 amide bonds. The Morgan fingerprint density at radius 2 is 2.25 bits per heavy atom. The molecule has 0 radical (unpaired) electrons. The number of hydrogen-bond acceptors (Lipinski definition) is 9. The van der Waals surface area contributed by atoms with Crippen molar-refractivity contribution in [3.63, 3.8) is 0 Å². The lowest BCUT2D eigenvalue weighted by Crippen LogP contribution is -2.41. The topological polar surface area (TPSA) is 145 Å². The van der Waals surface area contributed by atoms with E-state index in [1.807, 2.05) is 0 Å². The summed E-state index contributed by atoms with van der Waals surface area (Å²) in [7, 11) is 0. The highest BCUT2D eigenvalue weighted by molar-refractivity contribution is 6.21. The molecule has 0 aromatic heterocycles. The molecule has 2 atom stereocenters. The molecule has 4 N–H and O–H groups in total. The average Bonchev–Trinajstić information content (AvgIpc) is 3.01. The minimum Gasteiger partial charge on any atom is -0.462 e. The number of halogens is 1. The van der Waals surface area contributed by atoms with Crippen molar-refractivity contribution in [2.75, 3.05) is 19.9 Å². The van der Waals surface area contributed by atoms with Crippen LogP contribution in [0.25, 0.3) is 0 Å². The predicted octanol–water partition coefficient (Wildman–Crippen LogP) is -1.13. The van der Waals surface area contributed by atoms with Gasteiger partial charge in [0.25, 0.3) is 5.91 Å². The Kier molecular flexibility index (Phi) is 3.90. The molecule has 2 rings (SSSR count). The largest absolute Gasteiger partial charge is 0.462 e. The van der Waals surface area contributed by atoms with Crippen molar-refractivity contribution in [2.45, 2.75) is 25.8 Å². The summed E-state index contributed by atoms with van der Waals surface area (Å²) in [6, 6.07) is -4.35. The van der Waals surface area contributed by atoms with Gasteiger partial charge in [-0.1, -0.05) is 13.7 Å². The van der Waals surface area contributed by atoms with Gasteiger partial charge in [0.1, 0.15) is 19.4 Å². The molecule has 0 aromatic carbocycles. The summed E-state index contributed by atoms with van der Waals surface area (Å²) >= 11 is 0. The Labute approximate surface area is 156 Å². The zero-order valence-corrected chi connectivity index (χ0v) is 13.1. The predicted molar refractivity (Wildman–Crippen MR) is 90.0 cm³/mol. The molecule has 24 heavy (non-hydrogen) atoms. The van der Waals surface area contributed by atoms with Gasteiger partial charge in [-0.3, -0.25) is 19.5 Å². The van der Waals surface area contributed by atoms with Crippen LogP contribution >= 0.6 is 12.4 Å². The third-order valence-electron chi connectivity index (χ3n) is 2.76. The Bertz CT molecular complexity index is 829. The molecule has 0 saturated heterocycles. The second-order valence-corrected chi connectivity index (χ2v) is 4.38. The average molecular weight is 369 g/mol. The van der Waals surface area contributed by atoms with Gasteiger partial charge in [-0.25, -0.2) is 0 Å². The lowest BCUT2D eigenvalue weighted by Gasteiger charge is -2.19. The third kappa shape index (κ3) is 4.73. The number of fused-ring (bicyclic) bond motifs is 1. The number of carbonyl (C=O) groups is 2. The molecule has 0 saturated carbocycles. The number of nitrogens with two attached hydrogens (primary N) is 2. The number of aliphatic imine (C=N–C) groups is 3. The van der Waals surface area contributed by atoms with Crippen molar-refractivity contribution in [1.82, 2.24) is 4.90 Å². The van der Waals surface area contributed by atoms with Gasteiger partial charge >= 0.3 is 5.97 Å². The van der Waals surface area contributed by atoms with Crippen LogP contribution in [0.5, 0.6) is 0 Å². The van der Waals surface area contributed by atoms with E-state index in [0.717, 1.165) is 0 Å². The van der Waals surface area contributed by atoms with E-state index in [2.05, 4.69) is 19.7 Å². The summed E-state index contributed by atoms with van der Waals surface area (Å²) in [4.78, 5) is 36.5. The van der Waals surface area contributed by atoms with E-state index in [-0.39, 0.29) is 37.5 Å². The zero-order chi connectivity index (χ0) is 23.8. The first-order valence-electron chi connectivity index (χ1n) is 10.3. The fourth-order valence-corrected chi connectivity index (χ4v) is 1.68. The molecule has 134 valence electrons. The van der Waals surface area contributed by atoms with Crippen molar-refractivity contribution < 1.29 is 30.0 Å². The molecule has 11 heteroatoms. The summed E-state index contributed by atoms with van der Waals surface area (Å²) in [5.74, 6) is -5.99. The van der Waals surface area contributed by atoms with Gasteiger partial charge in [-0.2, -0.15) is 9.98 Å². The molecule has 0 aromatic rings. The number of amidine groups is 1. The van der Waals surface area contributed by atoms with Crippen molar-refractivity contribution >= 4 is 42.4 Å². The molecular formula is C13H21ClN6O4. The quantitative estimate of drug-likeness (QED) is 0.427. The van der Waals surface area contributed by atoms with Crippen LogP contribution in [-0.2, 0) is 19.1 Å². The van der Waals surface area contributed by atoms with Gasteiger partial charge in [0.2, 0.25) is 5.96 Å². The number of ether oxygens (including phenoxy) is 2. The minimum absolute atomic E-state index is 0. The monoisotopic (exact) mass is 368 g/mol. The number of amides is 1. The first-order valence-corrected chi connectivity index (χ1v) is 6.34. The van der Waals surface area contributed by atoms with E-state index in [4.69, 9.17) is 27.2 Å². The summed E-state index contributed by atoms with van der Waals surface area (Å²) in [5.41, 5.74) is 10.8. The van der Waals surface area contributed by atoms with Crippen molar-refractivity contribution in [1.29, 1.82) is 0 Å². The number of rotatable bonds is 7. The van der Waals surface area contributed by atoms with E-state index in [1.165, 1.54) is 11.2 Å². The highest BCUT2D eigenvalue weighted by Crippen LogP contribution is 2.13. The number of hydrogen-bond donors (Lipinski definition) is 2. The summed E-state index contributed by atoms with van der Waals surface area (Å²) in [6.07, 6.45) is 1.28. The van der Waals surface area contributed by atoms with Crippen LogP contribution < -0.4 is 11.5 Å². The number of carbonyl (C=O) groups excluding carboxylic acids is 2. The maximum Gasteiger partial charge on any atom is 0.323 e. The fourth-order valence-electron chi connectivity index (χ4n) is 1.68. The van der Waals surface area contributed by atoms with Gasteiger partial charge in [-0.15, -0.1) is 12.4 Å². The van der Waals surface area contributed by atoms with E-state index in [1.54, 1.807) is 0 Å². The minimum atomic E-state index is -3.64. The zero-order valence-electron chi connectivity index (χ0n) is 20.3. The Morgan fingerprint density at radius 1 is 1.50 bits per heavy atom. The van der Waals surface area contributed by atoms with E-state index < -0.39 is 50.1 Å². The molecule has 2 aliphatic heterocycles. The van der Waals surface area contributed by atoms with Gasteiger partial charge in [0, 0.05) is 9.60 Å². The lowest BCUT2D eigenvalue weighted by atomic mass is 10.1. The van der Waals surface area contributed by atoms with Crippen LogP contribution in [-0.4, -0.2) is 66.9 Å². The van der Waals surface area contributed by atoms with Gasteiger partial charge in [0.05, 0.1) is 14.3 Å². The summed E-state index contributed by atoms with van der Waals surface area (Å²) in [6.45, 7) is -8.16. The number of esters is 1. The fraction of sp³-hybridized carbons (Fsp3) is 0.615. The van der Waals surface area contributed by atoms with Crippen LogP contribution in [0.3, 0.4) is 0 Å². The molecule has 10 nitrogen and oxygen atoms in total. The number of nitrogens with zero attached hydrogens (tertiary/aromatic N) is 4. The Balaban J connectivity index is 0.00000512. The SMILES string of the molecule is Cl.[2H]C([2H])([2H])C([2H])(C([2H])([2H])[2H])[C@]([2H])(N)C(=O)OCCOCN1C=NC2C(=O)N=C(N)N=C21. The Morgan fingerprint density at radius 3 is 2.96 bits per heavy atom. The molecule has 0 fully saturated rings. The van der Waals surface area contributed by atoms with Gasteiger partial charge < -0.3 is 20.9 Å². The smallest absolute Gasteiger partial charge is 0.323 e. The first-order chi connectivity index (χ1) is 14.0. The van der Waals surface area contributed by atoms with E-state index >= 15 is 0 Å². The maximum absolute atomic E-state index is 12.2. The maximum atomic E-state index is 12.2. The highest BCUT2D eigenvalue weighted by atomic mass is 35.5. The second kappa shape index (κ2) is 8.71. The van der Waals surface area contributed by atoms with Gasteiger partial charge in [-0.05, 0) is 5.89 Å². The van der Waals surface area contributed by atoms with Crippen LogP contribution in [0.4, 0.5) is 0 Å². The first kappa shape index (κ1) is 10.7. The third-order valence-corrected chi connectivity index (χ3v) is 2.76. The highest BCUT2D eigenvalue weighted by Gasteiger charge is 2.35. The molecule has 0 bridgehead atoms. The normalized spacial score (nSPS) is 28.0. The van der Waals surface area contributed by atoms with Crippen LogP contribution in [0, 0.1) is 5.89 Å². The number of guanidine groups is 1. The molecular weight excluding hydrogens is 340 g/mol. The molecule has 1 unspecified atom stereocenters. The molecule has 2 heterocycles. The standard InChI is InChI=1S/C13H20N6O4.ClH/c1-7(2)8(14)12(21)23-4-3-22-6-19-5-16-9-10(19)17-13(15)18-11(9)20;/h5,7-9H,3-4,6,14H2,1-2H3,(H2,15,18,20);1H/t8-,9?;/m0./s1/i1D3,2D3,7D,8D;. The van der Waals surface area contributed by atoms with Crippen LogP contribution in [0.15, 0.2) is 15.0 Å². The van der Waals surface area contributed by atoms with Crippen molar-refractivity contribution in [3.8, 4) is 0 Å². The van der Waals surface area contributed by atoms with E-state index in [9.17, 15) is 9.59 Å². The van der Waals surface area contributed by atoms with Crippen molar-refractivity contribution in [2.24, 2.45) is 32.3 Å². The van der Waals surface area contributed by atoms with Crippen molar-refractivity contribution in [3.05, 3.63) is 0 Å². The van der Waals surface area contributed by atoms with Crippen LogP contribution in [0.1, 0.15) is 24.7 Å². The van der Waals surface area contributed by atoms with Crippen LogP contribution in [0.2, 0.25) is 0 Å². The Hall–Kier alpha value is -2.04. The molecule has 2 aliphatic rings. The summed E-state index contributed by atoms with van der Waals surface area (Å²) in [5, 5.41) is 0. The summed E-state index contributed by atoms with van der Waals surface area (Å²) < 4.78 is 69.5. The van der Waals surface area contributed by atoms with E-state index in [0.29, 0.717) is 0 Å². The molecule has 0 spiro atoms.